The minimum absolute atomic E-state index is 0.640. The standard InChI is InChI=1S/C53H38N2O/c1-4-12-37(13-5-1)40-26-30-45(31-27-40)55(47-19-10-18-44(36-47)38-14-6-2-7-15-38)46-32-28-41(29-33-46)39-22-24-42(25-23-39)48-20-11-21-50-49(48)34-35-51-52(50)54-53(56-51)43-16-8-3-9-17-43/h2-4,6-36H,1,5H2. The summed E-state index contributed by atoms with van der Waals surface area (Å²) in [5.41, 5.74) is 15.6. The molecule has 1 aliphatic carbocycles. The Morgan fingerprint density at radius 3 is 1.73 bits per heavy atom. The number of fused-ring (bicyclic) bond motifs is 3. The third-order valence-corrected chi connectivity index (χ3v) is 10.8. The van der Waals surface area contributed by atoms with Crippen LogP contribution in [-0.2, 0) is 0 Å². The van der Waals surface area contributed by atoms with Gasteiger partial charge in [0.15, 0.2) is 5.58 Å². The van der Waals surface area contributed by atoms with Crippen molar-refractivity contribution in [1.29, 1.82) is 0 Å². The van der Waals surface area contributed by atoms with E-state index in [-0.39, 0.29) is 0 Å². The molecule has 0 N–H and O–H groups in total. The molecule has 3 nitrogen and oxygen atoms in total. The Labute approximate surface area is 327 Å². The number of rotatable bonds is 8. The molecular formula is C53H38N2O. The lowest BCUT2D eigenvalue weighted by Gasteiger charge is -2.26. The first-order valence-corrected chi connectivity index (χ1v) is 19.3. The van der Waals surface area contributed by atoms with Gasteiger partial charge in [0.25, 0.3) is 0 Å². The van der Waals surface area contributed by atoms with E-state index in [9.17, 15) is 0 Å². The van der Waals surface area contributed by atoms with Crippen LogP contribution in [-0.4, -0.2) is 4.98 Å². The second-order valence-corrected chi connectivity index (χ2v) is 14.3. The number of allylic oxidation sites excluding steroid dienone is 4. The maximum absolute atomic E-state index is 6.18. The zero-order valence-corrected chi connectivity index (χ0v) is 30.8. The van der Waals surface area contributed by atoms with Gasteiger partial charge in [-0.3, -0.25) is 0 Å². The van der Waals surface area contributed by atoms with Gasteiger partial charge in [-0.1, -0.05) is 146 Å². The molecule has 0 bridgehead atoms. The molecule has 8 aromatic carbocycles. The number of hydrogen-bond acceptors (Lipinski definition) is 3. The number of nitrogens with zero attached hydrogens (tertiary/aromatic N) is 2. The van der Waals surface area contributed by atoms with Crippen molar-refractivity contribution in [1.82, 2.24) is 4.98 Å². The molecule has 0 aliphatic heterocycles. The molecule has 0 unspecified atom stereocenters. The van der Waals surface area contributed by atoms with Crippen molar-refractivity contribution in [3.63, 3.8) is 0 Å². The summed E-state index contributed by atoms with van der Waals surface area (Å²) >= 11 is 0. The smallest absolute Gasteiger partial charge is 0.227 e. The Balaban J connectivity index is 0.966. The lowest BCUT2D eigenvalue weighted by molar-refractivity contribution is 0.620. The Kier molecular flexibility index (Phi) is 8.66. The van der Waals surface area contributed by atoms with Gasteiger partial charge in [-0.25, -0.2) is 4.98 Å². The molecule has 0 amide bonds. The van der Waals surface area contributed by atoms with Gasteiger partial charge in [0.05, 0.1) is 0 Å². The fourth-order valence-corrected chi connectivity index (χ4v) is 7.88. The van der Waals surface area contributed by atoms with E-state index >= 15 is 0 Å². The minimum Gasteiger partial charge on any atom is -0.436 e. The Morgan fingerprint density at radius 2 is 1.04 bits per heavy atom. The van der Waals surface area contributed by atoms with Crippen LogP contribution in [0.25, 0.3) is 72.3 Å². The van der Waals surface area contributed by atoms with E-state index in [0.29, 0.717) is 5.89 Å². The molecule has 0 spiro atoms. The molecule has 10 rings (SSSR count). The predicted octanol–water partition coefficient (Wildman–Crippen LogP) is 14.9. The number of hydrogen-bond donors (Lipinski definition) is 0. The summed E-state index contributed by atoms with van der Waals surface area (Å²) < 4.78 is 6.18. The van der Waals surface area contributed by atoms with Gasteiger partial charge in [0, 0.05) is 28.0 Å². The molecule has 56 heavy (non-hydrogen) atoms. The second kappa shape index (κ2) is 14.5. The van der Waals surface area contributed by atoms with Crippen molar-refractivity contribution in [2.75, 3.05) is 4.90 Å². The molecule has 1 aliphatic rings. The first kappa shape index (κ1) is 33.3. The average Bonchev–Trinajstić information content (AvgIpc) is 3.73. The molecule has 1 heterocycles. The first-order chi connectivity index (χ1) is 27.7. The Morgan fingerprint density at radius 1 is 0.429 bits per heavy atom. The fourth-order valence-electron chi connectivity index (χ4n) is 7.88. The van der Waals surface area contributed by atoms with Crippen LogP contribution in [0.2, 0.25) is 0 Å². The van der Waals surface area contributed by atoms with Crippen molar-refractivity contribution in [3.05, 3.63) is 212 Å². The summed E-state index contributed by atoms with van der Waals surface area (Å²) in [5.74, 6) is 0.640. The number of anilines is 3. The summed E-state index contributed by atoms with van der Waals surface area (Å²) in [7, 11) is 0. The van der Waals surface area contributed by atoms with Gasteiger partial charge >= 0.3 is 0 Å². The molecular weight excluding hydrogens is 681 g/mol. The zero-order chi connectivity index (χ0) is 37.3. The molecule has 0 saturated carbocycles. The Bertz CT molecular complexity index is 2870. The van der Waals surface area contributed by atoms with Gasteiger partial charge in [-0.2, -0.15) is 0 Å². The zero-order valence-electron chi connectivity index (χ0n) is 30.8. The summed E-state index contributed by atoms with van der Waals surface area (Å²) in [6, 6.07) is 66.9. The lowest BCUT2D eigenvalue weighted by atomic mass is 9.95. The van der Waals surface area contributed by atoms with Crippen LogP contribution in [0.3, 0.4) is 0 Å². The van der Waals surface area contributed by atoms with E-state index < -0.39 is 0 Å². The highest BCUT2D eigenvalue weighted by Crippen LogP contribution is 2.39. The molecule has 1 aromatic heterocycles. The molecule has 3 heteroatoms. The number of aromatic nitrogens is 1. The fraction of sp³-hybridized carbons (Fsp3) is 0.0377. The van der Waals surface area contributed by atoms with Gasteiger partial charge in [0.2, 0.25) is 5.89 Å². The van der Waals surface area contributed by atoms with E-state index in [1.165, 1.54) is 39.0 Å². The molecule has 0 fully saturated rings. The normalized spacial score (nSPS) is 12.5. The summed E-state index contributed by atoms with van der Waals surface area (Å²) in [5, 5.41) is 2.24. The van der Waals surface area contributed by atoms with Crippen LogP contribution >= 0.6 is 0 Å². The number of benzene rings is 8. The highest BCUT2D eigenvalue weighted by atomic mass is 16.3. The predicted molar refractivity (Wildman–Crippen MR) is 234 cm³/mol. The molecule has 0 saturated heterocycles. The van der Waals surface area contributed by atoms with Crippen molar-refractivity contribution in [3.8, 4) is 44.8 Å². The van der Waals surface area contributed by atoms with Crippen molar-refractivity contribution in [2.24, 2.45) is 0 Å². The molecule has 0 atom stereocenters. The second-order valence-electron chi connectivity index (χ2n) is 14.3. The number of oxazole rings is 1. The van der Waals surface area contributed by atoms with Crippen molar-refractivity contribution >= 4 is 44.5 Å². The van der Waals surface area contributed by atoms with Crippen LogP contribution in [0.15, 0.2) is 211 Å². The topological polar surface area (TPSA) is 29.3 Å². The van der Waals surface area contributed by atoms with Crippen LogP contribution < -0.4 is 4.90 Å². The highest BCUT2D eigenvalue weighted by Gasteiger charge is 2.16. The highest BCUT2D eigenvalue weighted by molar-refractivity contribution is 6.09. The quantitative estimate of drug-likeness (QED) is 0.157. The first-order valence-electron chi connectivity index (χ1n) is 19.3. The summed E-state index contributed by atoms with van der Waals surface area (Å²) in [6.07, 6.45) is 9.04. The minimum atomic E-state index is 0.640. The van der Waals surface area contributed by atoms with Crippen LogP contribution in [0, 0.1) is 0 Å². The van der Waals surface area contributed by atoms with Crippen LogP contribution in [0.1, 0.15) is 18.4 Å². The summed E-state index contributed by atoms with van der Waals surface area (Å²) in [4.78, 5) is 7.27. The van der Waals surface area contributed by atoms with E-state index in [4.69, 9.17) is 9.40 Å². The van der Waals surface area contributed by atoms with E-state index in [0.717, 1.165) is 62.9 Å². The van der Waals surface area contributed by atoms with Gasteiger partial charge in [0.1, 0.15) is 5.52 Å². The third-order valence-electron chi connectivity index (χ3n) is 10.8. The molecule has 266 valence electrons. The van der Waals surface area contributed by atoms with Gasteiger partial charge in [-0.05, 0) is 123 Å². The lowest BCUT2D eigenvalue weighted by Crippen LogP contribution is -2.10. The monoisotopic (exact) mass is 718 g/mol. The summed E-state index contributed by atoms with van der Waals surface area (Å²) in [6.45, 7) is 0. The van der Waals surface area contributed by atoms with Gasteiger partial charge < -0.3 is 9.32 Å². The largest absolute Gasteiger partial charge is 0.436 e. The Hall–Kier alpha value is -7.23. The van der Waals surface area contributed by atoms with Crippen molar-refractivity contribution < 1.29 is 4.42 Å². The molecule has 9 aromatic rings. The van der Waals surface area contributed by atoms with Crippen molar-refractivity contribution in [2.45, 2.75) is 12.8 Å². The molecule has 0 radical (unpaired) electrons. The van der Waals surface area contributed by atoms with E-state index in [1.807, 2.05) is 36.4 Å². The third kappa shape index (κ3) is 6.40. The maximum Gasteiger partial charge on any atom is 0.227 e. The average molecular weight is 719 g/mol. The van der Waals surface area contributed by atoms with Crippen LogP contribution in [0.5, 0.6) is 0 Å². The maximum atomic E-state index is 6.18. The van der Waals surface area contributed by atoms with E-state index in [1.54, 1.807) is 0 Å². The van der Waals surface area contributed by atoms with E-state index in [2.05, 4.69) is 175 Å². The van der Waals surface area contributed by atoms with Gasteiger partial charge in [-0.15, -0.1) is 0 Å². The SMILES string of the molecule is C1=CC(c2ccc(N(c3ccc(-c4ccc(-c5cccc6c5ccc5oc(-c7ccccc7)nc56)cc4)cc3)c3cccc(-c4ccccc4)c3)cc2)=CCC1. The van der Waals surface area contributed by atoms with Crippen LogP contribution in [0.4, 0.5) is 17.1 Å².